The van der Waals surface area contributed by atoms with E-state index in [2.05, 4.69) is 15.9 Å². The molecule has 0 aliphatic heterocycles. The van der Waals surface area contributed by atoms with Crippen molar-refractivity contribution in [3.05, 3.63) is 70.2 Å². The highest BCUT2D eigenvalue weighted by Crippen LogP contribution is 2.29. The van der Waals surface area contributed by atoms with Crippen LogP contribution in [0.15, 0.2) is 59.1 Å². The van der Waals surface area contributed by atoms with E-state index in [0.29, 0.717) is 11.1 Å². The molecule has 0 bridgehead atoms. The van der Waals surface area contributed by atoms with Gasteiger partial charge in [0.05, 0.1) is 13.0 Å². The minimum Gasteiger partial charge on any atom is -0.464 e. The van der Waals surface area contributed by atoms with Crippen molar-refractivity contribution in [3.8, 4) is 0 Å². The molecule has 4 nitrogen and oxygen atoms in total. The van der Waals surface area contributed by atoms with Gasteiger partial charge in [0.15, 0.2) is 11.4 Å². The zero-order valence-corrected chi connectivity index (χ0v) is 14.2. The van der Waals surface area contributed by atoms with Gasteiger partial charge < -0.3 is 9.84 Å². The average molecular weight is 377 g/mol. The molecule has 0 spiro atoms. The number of aliphatic hydroxyl groups is 1. The first-order chi connectivity index (χ1) is 11.0. The van der Waals surface area contributed by atoms with Gasteiger partial charge in [-0.25, -0.2) is 4.79 Å². The van der Waals surface area contributed by atoms with Crippen molar-refractivity contribution >= 4 is 27.7 Å². The molecular weight excluding hydrogens is 360 g/mol. The molecular formula is C18H17BrO4. The molecule has 5 heteroatoms. The van der Waals surface area contributed by atoms with Crippen LogP contribution in [-0.2, 0) is 15.1 Å². The third-order valence-electron chi connectivity index (χ3n) is 3.45. The third-order valence-corrected chi connectivity index (χ3v) is 3.98. The molecule has 1 atom stereocenters. The maximum absolute atomic E-state index is 12.4. The number of benzene rings is 2. The van der Waals surface area contributed by atoms with Gasteiger partial charge in [0.1, 0.15) is 0 Å². The summed E-state index contributed by atoms with van der Waals surface area (Å²) in [5.41, 5.74) is -1.25. The lowest BCUT2D eigenvalue weighted by molar-refractivity contribution is -0.166. The zero-order valence-electron chi connectivity index (χ0n) is 12.7. The second kappa shape index (κ2) is 7.53. The van der Waals surface area contributed by atoms with E-state index in [-0.39, 0.29) is 18.8 Å². The van der Waals surface area contributed by atoms with E-state index in [1.165, 1.54) is 0 Å². The second-order valence-electron chi connectivity index (χ2n) is 5.05. The standard InChI is InChI=1S/C18H17BrO4/c1-2-23-17(21)18(22,14-8-10-15(19)11-9-14)12-16(20)13-6-4-3-5-7-13/h3-11,22H,2,12H2,1H3. The van der Waals surface area contributed by atoms with Gasteiger partial charge in [0, 0.05) is 10.0 Å². The Bertz CT molecular complexity index is 682. The van der Waals surface area contributed by atoms with E-state index >= 15 is 0 Å². The molecule has 0 aromatic heterocycles. The summed E-state index contributed by atoms with van der Waals surface area (Å²) in [5, 5.41) is 10.9. The van der Waals surface area contributed by atoms with Crippen LogP contribution in [0.2, 0.25) is 0 Å². The van der Waals surface area contributed by atoms with Gasteiger partial charge in [-0.2, -0.15) is 0 Å². The number of rotatable bonds is 6. The van der Waals surface area contributed by atoms with Crippen LogP contribution in [0.25, 0.3) is 0 Å². The summed E-state index contributed by atoms with van der Waals surface area (Å²) in [6.07, 6.45) is -0.378. The Hall–Kier alpha value is -1.98. The van der Waals surface area contributed by atoms with Crippen molar-refractivity contribution in [1.29, 1.82) is 0 Å². The number of carbonyl (C=O) groups is 2. The summed E-state index contributed by atoms with van der Waals surface area (Å²) in [6, 6.07) is 15.2. The van der Waals surface area contributed by atoms with E-state index in [1.54, 1.807) is 61.5 Å². The van der Waals surface area contributed by atoms with Gasteiger partial charge in [0.2, 0.25) is 0 Å². The van der Waals surface area contributed by atoms with Crippen LogP contribution in [0.1, 0.15) is 29.3 Å². The summed E-state index contributed by atoms with van der Waals surface area (Å²) in [7, 11) is 0. The molecule has 0 fully saturated rings. The van der Waals surface area contributed by atoms with Gasteiger partial charge in [-0.3, -0.25) is 4.79 Å². The summed E-state index contributed by atoms with van der Waals surface area (Å²) in [4.78, 5) is 24.7. The fourth-order valence-electron chi connectivity index (χ4n) is 2.23. The van der Waals surface area contributed by atoms with Crippen LogP contribution in [0.4, 0.5) is 0 Å². The van der Waals surface area contributed by atoms with Crippen molar-refractivity contribution in [2.45, 2.75) is 18.9 Å². The Kier molecular flexibility index (Phi) is 5.69. The lowest BCUT2D eigenvalue weighted by Gasteiger charge is -2.25. The highest BCUT2D eigenvalue weighted by Gasteiger charge is 2.41. The molecule has 2 aromatic rings. The van der Waals surface area contributed by atoms with Gasteiger partial charge in [-0.1, -0.05) is 58.4 Å². The number of esters is 1. The third kappa shape index (κ3) is 4.06. The Morgan fingerprint density at radius 1 is 1.09 bits per heavy atom. The van der Waals surface area contributed by atoms with Crippen molar-refractivity contribution in [3.63, 3.8) is 0 Å². The van der Waals surface area contributed by atoms with Crippen LogP contribution in [0.5, 0.6) is 0 Å². The molecule has 0 amide bonds. The van der Waals surface area contributed by atoms with E-state index in [0.717, 1.165) is 4.47 Å². The van der Waals surface area contributed by atoms with E-state index in [9.17, 15) is 14.7 Å². The van der Waals surface area contributed by atoms with Crippen LogP contribution in [-0.4, -0.2) is 23.5 Å². The number of carbonyl (C=O) groups excluding carboxylic acids is 2. The molecule has 1 unspecified atom stereocenters. The van der Waals surface area contributed by atoms with E-state index in [1.807, 2.05) is 0 Å². The molecule has 0 radical (unpaired) electrons. The average Bonchev–Trinajstić information content (AvgIpc) is 2.56. The molecule has 1 N–H and O–H groups in total. The number of Topliss-reactive ketones (excluding diaryl/α,β-unsaturated/α-hetero) is 1. The molecule has 2 rings (SSSR count). The normalized spacial score (nSPS) is 13.2. The Morgan fingerprint density at radius 2 is 1.70 bits per heavy atom. The maximum atomic E-state index is 12.4. The number of hydrogen-bond donors (Lipinski definition) is 1. The molecule has 2 aromatic carbocycles. The molecule has 0 aliphatic carbocycles. The van der Waals surface area contributed by atoms with Gasteiger partial charge >= 0.3 is 5.97 Å². The van der Waals surface area contributed by atoms with Crippen LogP contribution in [0, 0.1) is 0 Å². The zero-order chi connectivity index (χ0) is 16.9. The fraction of sp³-hybridized carbons (Fsp3) is 0.222. The lowest BCUT2D eigenvalue weighted by atomic mass is 9.87. The molecule has 23 heavy (non-hydrogen) atoms. The quantitative estimate of drug-likeness (QED) is 0.619. The number of ether oxygens (including phenoxy) is 1. The highest BCUT2D eigenvalue weighted by atomic mass is 79.9. The first-order valence-electron chi connectivity index (χ1n) is 7.21. The maximum Gasteiger partial charge on any atom is 0.343 e. The van der Waals surface area contributed by atoms with Crippen LogP contribution < -0.4 is 0 Å². The smallest absolute Gasteiger partial charge is 0.343 e. The number of ketones is 1. The predicted octanol–water partition coefficient (Wildman–Crippen LogP) is 3.47. The van der Waals surface area contributed by atoms with Crippen molar-refractivity contribution in [2.75, 3.05) is 6.61 Å². The number of hydrogen-bond acceptors (Lipinski definition) is 4. The van der Waals surface area contributed by atoms with Gasteiger partial charge in [-0.15, -0.1) is 0 Å². The summed E-state index contributed by atoms with van der Waals surface area (Å²) < 4.78 is 5.78. The highest BCUT2D eigenvalue weighted by molar-refractivity contribution is 9.10. The topological polar surface area (TPSA) is 63.6 Å². The largest absolute Gasteiger partial charge is 0.464 e. The van der Waals surface area contributed by atoms with Crippen molar-refractivity contribution in [1.82, 2.24) is 0 Å². The lowest BCUT2D eigenvalue weighted by Crippen LogP contribution is -2.39. The summed E-state index contributed by atoms with van der Waals surface area (Å²) >= 11 is 3.30. The van der Waals surface area contributed by atoms with Crippen molar-refractivity contribution < 1.29 is 19.4 Å². The van der Waals surface area contributed by atoms with Crippen molar-refractivity contribution in [2.24, 2.45) is 0 Å². The van der Waals surface area contributed by atoms with E-state index in [4.69, 9.17) is 4.74 Å². The van der Waals surface area contributed by atoms with Crippen LogP contribution in [0.3, 0.4) is 0 Å². The summed E-state index contributed by atoms with van der Waals surface area (Å²) in [5.74, 6) is -1.16. The fourth-order valence-corrected chi connectivity index (χ4v) is 2.49. The second-order valence-corrected chi connectivity index (χ2v) is 5.97. The first-order valence-corrected chi connectivity index (χ1v) is 8.00. The Morgan fingerprint density at radius 3 is 2.26 bits per heavy atom. The van der Waals surface area contributed by atoms with Gasteiger partial charge in [0.25, 0.3) is 0 Å². The first kappa shape index (κ1) is 17.4. The Labute approximate surface area is 143 Å². The minimum absolute atomic E-state index is 0.122. The molecule has 120 valence electrons. The SMILES string of the molecule is CCOC(=O)C(O)(CC(=O)c1ccccc1)c1ccc(Br)cc1. The molecule has 0 saturated carbocycles. The molecule has 0 aliphatic rings. The minimum atomic E-state index is -2.01. The van der Waals surface area contributed by atoms with Gasteiger partial charge in [-0.05, 0) is 24.6 Å². The number of halogens is 1. The monoisotopic (exact) mass is 376 g/mol. The Balaban J connectivity index is 2.36. The van der Waals surface area contributed by atoms with E-state index < -0.39 is 11.6 Å². The molecule has 0 saturated heterocycles. The van der Waals surface area contributed by atoms with Crippen LogP contribution >= 0.6 is 15.9 Å². The molecule has 0 heterocycles. The summed E-state index contributed by atoms with van der Waals surface area (Å²) in [6.45, 7) is 1.77. The predicted molar refractivity (Wildman–Crippen MR) is 90.1 cm³/mol.